The molecule has 2 aromatic carbocycles. The highest BCUT2D eigenvalue weighted by molar-refractivity contribution is 14.1. The standard InChI is InChI=1S/C32H39F2IN7O3S/c1-38-12-14-39(15-13-38)21-23-10-11-28-24(18-23)6-4-9-29(28)40-22-26(36-37-40)20-30-31(43)42(2,3)17-16-41(30)46(44,45)27-8-5-7-25(19-27)32(33,34)35/h5,7-8,10-11,16-19,22,29-30H,4,6,9,12-15,20-21H2,1-3H3/q+1/t29-,30+/m0/s1. The van der Waals surface area contributed by atoms with Gasteiger partial charge in [0.1, 0.15) is 6.20 Å². The molecule has 0 unspecified atom stereocenters. The predicted octanol–water partition coefficient (Wildman–Crippen LogP) is 4.13. The van der Waals surface area contributed by atoms with E-state index in [1.54, 1.807) is 20.3 Å². The first-order chi connectivity index (χ1) is 21.7. The van der Waals surface area contributed by atoms with Crippen molar-refractivity contribution in [1.29, 1.82) is 0 Å². The minimum Gasteiger partial charge on any atom is -0.304 e. The summed E-state index contributed by atoms with van der Waals surface area (Å²) in [7, 11) is 1.14. The third kappa shape index (κ3) is 6.77. The molecule has 2 atom stereocenters. The van der Waals surface area contributed by atoms with E-state index in [-0.39, 0.29) is 27.7 Å². The van der Waals surface area contributed by atoms with Crippen molar-refractivity contribution in [3.05, 3.63) is 89.0 Å². The molecular weight excluding hydrogens is 727 g/mol. The van der Waals surface area contributed by atoms with Gasteiger partial charge in [-0.05, 0) is 55.1 Å². The zero-order valence-electron chi connectivity index (χ0n) is 26.2. The third-order valence-corrected chi connectivity index (χ3v) is 11.7. The molecule has 10 nitrogen and oxygen atoms in total. The Labute approximate surface area is 282 Å². The van der Waals surface area contributed by atoms with E-state index in [4.69, 9.17) is 0 Å². The van der Waals surface area contributed by atoms with E-state index in [9.17, 15) is 22.0 Å². The van der Waals surface area contributed by atoms with Crippen LogP contribution in [-0.4, -0.2) is 101 Å². The van der Waals surface area contributed by atoms with Crippen molar-refractivity contribution in [2.75, 3.05) is 47.3 Å². The summed E-state index contributed by atoms with van der Waals surface area (Å²) in [5.41, 5.74) is 3.86. The highest BCUT2D eigenvalue weighted by Crippen LogP contribution is 2.37. The highest BCUT2D eigenvalue weighted by atomic mass is 127. The lowest BCUT2D eigenvalue weighted by molar-refractivity contribution is -0.762. The number of aryl methyl sites for hydroxylation is 1. The Morgan fingerprint density at radius 1 is 1.09 bits per heavy atom. The van der Waals surface area contributed by atoms with Gasteiger partial charge in [-0.2, -0.15) is 8.78 Å². The summed E-state index contributed by atoms with van der Waals surface area (Å²) >= 11 is 0.969. The van der Waals surface area contributed by atoms with Gasteiger partial charge >= 0.3 is 9.84 Å². The second kappa shape index (κ2) is 12.7. The van der Waals surface area contributed by atoms with E-state index >= 15 is 0 Å². The zero-order chi connectivity index (χ0) is 32.9. The lowest BCUT2D eigenvalue weighted by Gasteiger charge is -2.36. The summed E-state index contributed by atoms with van der Waals surface area (Å²) in [4.78, 5) is 18.2. The average molecular weight is 767 g/mol. The minimum absolute atomic E-state index is 0.0181. The first kappa shape index (κ1) is 33.1. The summed E-state index contributed by atoms with van der Waals surface area (Å²) in [6, 6.07) is 10.2. The zero-order valence-corrected chi connectivity index (χ0v) is 29.2. The van der Waals surface area contributed by atoms with Crippen LogP contribution >= 0.6 is 22.6 Å². The monoisotopic (exact) mass is 766 g/mol. The number of amides is 1. The molecule has 14 heteroatoms. The molecular formula is C32H39F2IN7O3S+. The summed E-state index contributed by atoms with van der Waals surface area (Å²) < 4.78 is 55.1. The fourth-order valence-electron chi connectivity index (χ4n) is 6.52. The highest BCUT2D eigenvalue weighted by Gasteiger charge is 2.46. The largest absolute Gasteiger partial charge is 0.342 e. The van der Waals surface area contributed by atoms with Gasteiger partial charge in [0, 0.05) is 73.5 Å². The number of aromatic nitrogens is 3. The number of alkyl halides is 3. The van der Waals surface area contributed by atoms with E-state index in [2.05, 4.69) is 45.4 Å². The Hall–Kier alpha value is -2.79. The van der Waals surface area contributed by atoms with Crippen molar-refractivity contribution >= 4 is 38.5 Å². The minimum atomic E-state index is -4.35. The number of rotatable bonds is 8. The molecule has 6 rings (SSSR count). The van der Waals surface area contributed by atoms with E-state index in [0.717, 1.165) is 84.9 Å². The number of quaternary nitrogens is 1. The molecule has 3 aliphatic rings. The molecule has 0 saturated carbocycles. The molecule has 246 valence electrons. The van der Waals surface area contributed by atoms with Crippen molar-refractivity contribution in [2.45, 2.75) is 53.1 Å². The number of benzene rings is 2. The topological polar surface area (TPSA) is 91.6 Å². The first-order valence-electron chi connectivity index (χ1n) is 15.4. The Balaban J connectivity index is 1.24. The Morgan fingerprint density at radius 3 is 2.59 bits per heavy atom. The molecule has 1 saturated heterocycles. The predicted molar refractivity (Wildman–Crippen MR) is 177 cm³/mol. The molecule has 0 N–H and O–H groups in total. The Bertz CT molecular complexity index is 1750. The molecule has 2 aliphatic heterocycles. The van der Waals surface area contributed by atoms with Crippen LogP contribution in [0.3, 0.4) is 0 Å². The third-order valence-electron chi connectivity index (χ3n) is 9.25. The number of nitrogens with zero attached hydrogens (tertiary/aromatic N) is 7. The summed E-state index contributed by atoms with van der Waals surface area (Å²) in [5.74, 6) is -0.369. The van der Waals surface area contributed by atoms with Gasteiger partial charge in [-0.3, -0.25) is 9.21 Å². The van der Waals surface area contributed by atoms with Crippen molar-refractivity contribution in [3.63, 3.8) is 0 Å². The van der Waals surface area contributed by atoms with Crippen LogP contribution in [-0.2, 0) is 38.1 Å². The first-order valence-corrected chi connectivity index (χ1v) is 18.0. The number of sulfonamides is 1. The van der Waals surface area contributed by atoms with E-state index in [1.807, 2.05) is 4.68 Å². The number of hydrogen-bond donors (Lipinski definition) is 0. The van der Waals surface area contributed by atoms with E-state index < -0.39 is 25.6 Å². The van der Waals surface area contributed by atoms with Crippen LogP contribution < -0.4 is 0 Å². The normalized spacial score (nSPS) is 22.7. The van der Waals surface area contributed by atoms with Gasteiger partial charge in [-0.25, -0.2) is 22.4 Å². The van der Waals surface area contributed by atoms with Gasteiger partial charge in [0.05, 0.1) is 36.9 Å². The average Bonchev–Trinajstić information content (AvgIpc) is 3.48. The molecule has 3 heterocycles. The van der Waals surface area contributed by atoms with E-state index in [0.29, 0.717) is 5.69 Å². The van der Waals surface area contributed by atoms with Gasteiger partial charge in [-0.15, -0.1) is 5.10 Å². The van der Waals surface area contributed by atoms with E-state index in [1.165, 1.54) is 47.3 Å². The van der Waals surface area contributed by atoms with Crippen LogP contribution in [0.5, 0.6) is 0 Å². The Kier molecular flexibility index (Phi) is 9.13. The number of piperazine rings is 1. The maximum atomic E-state index is 14.1. The number of halogens is 3. The van der Waals surface area contributed by atoms with Gasteiger partial charge < -0.3 is 4.90 Å². The summed E-state index contributed by atoms with van der Waals surface area (Å²) in [6.07, 6.45) is 7.49. The molecule has 1 fully saturated rings. The van der Waals surface area contributed by atoms with Gasteiger partial charge in [0.2, 0.25) is 0 Å². The van der Waals surface area contributed by atoms with Crippen LogP contribution in [0.4, 0.5) is 8.78 Å². The number of carbonyl (C=O) groups excluding carboxylic acids is 1. The van der Waals surface area contributed by atoms with Gasteiger partial charge in [0.25, 0.3) is 10.0 Å². The lowest BCUT2D eigenvalue weighted by Crippen LogP contribution is -2.57. The molecule has 1 aliphatic carbocycles. The number of likely N-dealkylation sites (N-methyl/N-ethyl adjacent to an activating group) is 2. The molecule has 0 radical (unpaired) electrons. The van der Waals surface area contributed by atoms with Crippen molar-refractivity contribution < 1.29 is 26.5 Å². The van der Waals surface area contributed by atoms with Crippen molar-refractivity contribution in [1.82, 2.24) is 29.1 Å². The van der Waals surface area contributed by atoms with Gasteiger partial charge in [-0.1, -0.05) is 35.5 Å². The Morgan fingerprint density at radius 2 is 1.85 bits per heavy atom. The summed E-state index contributed by atoms with van der Waals surface area (Å²) in [5, 5.41) is 8.81. The van der Waals surface area contributed by atoms with Crippen LogP contribution in [0.25, 0.3) is 0 Å². The number of hydrogen-bond acceptors (Lipinski definition) is 7. The van der Waals surface area contributed by atoms with Crippen LogP contribution in [0.2, 0.25) is 0 Å². The molecule has 1 aromatic heterocycles. The molecule has 0 bridgehead atoms. The summed E-state index contributed by atoms with van der Waals surface area (Å²) in [6.45, 7) is 5.21. The van der Waals surface area contributed by atoms with Crippen LogP contribution in [0.15, 0.2) is 66.0 Å². The number of carbonyl (C=O) groups is 1. The second-order valence-corrected chi connectivity index (χ2v) is 16.2. The van der Waals surface area contributed by atoms with Gasteiger partial charge in [0.15, 0.2) is 6.04 Å². The molecule has 1 amide bonds. The smallest absolute Gasteiger partial charge is 0.304 e. The maximum absolute atomic E-state index is 14.1. The lowest BCUT2D eigenvalue weighted by atomic mass is 9.86. The molecule has 0 spiro atoms. The van der Waals surface area contributed by atoms with Crippen LogP contribution in [0, 0.1) is 0 Å². The number of fused-ring (bicyclic) bond motifs is 1. The van der Waals surface area contributed by atoms with Crippen LogP contribution in [0.1, 0.15) is 46.8 Å². The maximum Gasteiger partial charge on any atom is 0.342 e. The second-order valence-electron chi connectivity index (χ2n) is 13.0. The fourth-order valence-corrected chi connectivity index (χ4v) is 8.34. The molecule has 46 heavy (non-hydrogen) atoms. The molecule has 3 aromatic rings. The quantitative estimate of drug-likeness (QED) is 0.194. The van der Waals surface area contributed by atoms with Crippen molar-refractivity contribution in [2.24, 2.45) is 0 Å². The van der Waals surface area contributed by atoms with Crippen molar-refractivity contribution in [3.8, 4) is 0 Å². The fraction of sp³-hybridized carbons (Fsp3) is 0.469. The SMILES string of the molecule is CN1CCN(Cc2ccc3c(c2)CCC[C@@H]3n2cc(C[C@@H]3C(=O)[N+](C)(C)C=CN3S(=O)(=O)c3cccc(C(F)(F)I)c3)nn2)CC1.